The van der Waals surface area contributed by atoms with E-state index in [2.05, 4.69) is 0 Å². The van der Waals surface area contributed by atoms with Crippen molar-refractivity contribution in [3.63, 3.8) is 0 Å². The third-order valence-corrected chi connectivity index (χ3v) is 4.47. The number of benzene rings is 2. The van der Waals surface area contributed by atoms with Crippen molar-refractivity contribution in [2.24, 2.45) is 0 Å². The van der Waals surface area contributed by atoms with E-state index in [4.69, 9.17) is 10.00 Å². The molecule has 0 saturated carbocycles. The first kappa shape index (κ1) is 16.2. The standard InChI is InChI=1S/C18H17NO2S/c1-15-7-9-17(10-8-15)22(20)18(11-12-19)14-21-13-16-5-3-2-4-6-16/h2-11H,13-14H2,1H3. The number of rotatable bonds is 6. The lowest BCUT2D eigenvalue weighted by Crippen LogP contribution is -2.05. The van der Waals surface area contributed by atoms with E-state index in [9.17, 15) is 4.21 Å². The molecule has 0 aromatic heterocycles. The summed E-state index contributed by atoms with van der Waals surface area (Å²) in [5, 5.41) is 8.88. The van der Waals surface area contributed by atoms with E-state index in [0.29, 0.717) is 16.4 Å². The first-order valence-electron chi connectivity index (χ1n) is 6.89. The summed E-state index contributed by atoms with van der Waals surface area (Å²) in [7, 11) is -1.37. The van der Waals surface area contributed by atoms with Gasteiger partial charge in [-0.3, -0.25) is 0 Å². The van der Waals surface area contributed by atoms with Crippen molar-refractivity contribution in [1.29, 1.82) is 5.26 Å². The van der Waals surface area contributed by atoms with Crippen LogP contribution in [0.1, 0.15) is 11.1 Å². The number of nitriles is 1. The molecule has 0 heterocycles. The fourth-order valence-corrected chi connectivity index (χ4v) is 2.91. The highest BCUT2D eigenvalue weighted by molar-refractivity contribution is 7.89. The molecule has 2 aromatic carbocycles. The second-order valence-corrected chi connectivity index (χ2v) is 6.33. The van der Waals surface area contributed by atoms with Gasteiger partial charge in [-0.15, -0.1) is 0 Å². The van der Waals surface area contributed by atoms with Gasteiger partial charge in [-0.05, 0) is 24.6 Å². The Hall–Kier alpha value is -2.22. The average molecular weight is 311 g/mol. The van der Waals surface area contributed by atoms with Crippen LogP contribution in [0, 0.1) is 18.3 Å². The molecule has 0 aliphatic rings. The molecule has 3 nitrogen and oxygen atoms in total. The van der Waals surface area contributed by atoms with Crippen LogP contribution in [0.25, 0.3) is 0 Å². The van der Waals surface area contributed by atoms with E-state index in [1.807, 2.05) is 67.6 Å². The summed E-state index contributed by atoms with van der Waals surface area (Å²) in [6.07, 6.45) is 1.31. The normalized spacial score (nSPS) is 12.6. The predicted octanol–water partition coefficient (Wildman–Crippen LogP) is 3.73. The molecule has 0 radical (unpaired) electrons. The summed E-state index contributed by atoms with van der Waals surface area (Å²) >= 11 is 0. The van der Waals surface area contributed by atoms with E-state index in [0.717, 1.165) is 11.1 Å². The van der Waals surface area contributed by atoms with Crippen LogP contribution in [0.2, 0.25) is 0 Å². The first-order valence-corrected chi connectivity index (χ1v) is 8.04. The summed E-state index contributed by atoms with van der Waals surface area (Å²) in [6.45, 7) is 2.57. The molecular formula is C18H17NO2S. The van der Waals surface area contributed by atoms with E-state index in [1.165, 1.54) is 6.08 Å². The minimum atomic E-state index is -1.37. The average Bonchev–Trinajstić information content (AvgIpc) is 2.55. The zero-order chi connectivity index (χ0) is 15.8. The van der Waals surface area contributed by atoms with Gasteiger partial charge in [0.25, 0.3) is 0 Å². The largest absolute Gasteiger partial charge is 0.371 e. The minimum absolute atomic E-state index is 0.170. The quantitative estimate of drug-likeness (QED) is 0.764. The van der Waals surface area contributed by atoms with E-state index in [-0.39, 0.29) is 6.61 Å². The number of ether oxygens (including phenoxy) is 1. The second-order valence-electron chi connectivity index (χ2n) is 4.80. The van der Waals surface area contributed by atoms with Crippen molar-refractivity contribution >= 4 is 10.8 Å². The topological polar surface area (TPSA) is 50.1 Å². The van der Waals surface area contributed by atoms with Crippen molar-refractivity contribution in [3.05, 3.63) is 76.7 Å². The van der Waals surface area contributed by atoms with Gasteiger partial charge in [-0.2, -0.15) is 5.26 Å². The highest BCUT2D eigenvalue weighted by Gasteiger charge is 2.11. The Morgan fingerprint density at radius 3 is 2.50 bits per heavy atom. The SMILES string of the molecule is Cc1ccc(S(=O)C(=CC#N)COCc2ccccc2)cc1. The maximum atomic E-state index is 12.5. The van der Waals surface area contributed by atoms with Gasteiger partial charge in [-0.1, -0.05) is 48.0 Å². The van der Waals surface area contributed by atoms with Crippen LogP contribution in [0.5, 0.6) is 0 Å². The lowest BCUT2D eigenvalue weighted by molar-refractivity contribution is 0.146. The molecule has 112 valence electrons. The molecule has 1 atom stereocenters. The Bertz CT molecular complexity index is 700. The molecule has 0 amide bonds. The molecule has 4 heteroatoms. The van der Waals surface area contributed by atoms with Crippen LogP contribution < -0.4 is 0 Å². The van der Waals surface area contributed by atoms with Crippen LogP contribution >= 0.6 is 0 Å². The van der Waals surface area contributed by atoms with Crippen molar-refractivity contribution in [3.8, 4) is 6.07 Å². The second kappa shape index (κ2) is 8.28. The van der Waals surface area contributed by atoms with Gasteiger partial charge in [0, 0.05) is 11.0 Å². The van der Waals surface area contributed by atoms with Gasteiger partial charge in [-0.25, -0.2) is 4.21 Å². The predicted molar refractivity (Wildman–Crippen MR) is 87.4 cm³/mol. The van der Waals surface area contributed by atoms with Crippen LogP contribution in [0.15, 0.2) is 70.5 Å². The Labute approximate surface area is 133 Å². The lowest BCUT2D eigenvalue weighted by atomic mass is 10.2. The van der Waals surface area contributed by atoms with Gasteiger partial charge in [0.1, 0.15) is 0 Å². The van der Waals surface area contributed by atoms with Gasteiger partial charge >= 0.3 is 0 Å². The fourth-order valence-electron chi connectivity index (χ4n) is 1.88. The molecule has 0 N–H and O–H groups in total. The highest BCUT2D eigenvalue weighted by atomic mass is 32.2. The summed E-state index contributed by atoms with van der Waals surface area (Å²) in [6, 6.07) is 19.1. The van der Waals surface area contributed by atoms with Gasteiger partial charge in [0.05, 0.1) is 35.0 Å². The number of nitrogens with zero attached hydrogens (tertiary/aromatic N) is 1. The molecule has 2 rings (SSSR count). The molecule has 0 saturated heterocycles. The first-order chi connectivity index (χ1) is 10.7. The lowest BCUT2D eigenvalue weighted by Gasteiger charge is -2.08. The maximum Gasteiger partial charge on any atom is 0.0922 e. The summed E-state index contributed by atoms with van der Waals surface area (Å²) in [4.78, 5) is 1.15. The Kier molecular flexibility index (Phi) is 6.08. The zero-order valence-electron chi connectivity index (χ0n) is 12.4. The Balaban J connectivity index is 2.01. The maximum absolute atomic E-state index is 12.5. The number of allylic oxidation sites excluding steroid dienone is 1. The minimum Gasteiger partial charge on any atom is -0.371 e. The third kappa shape index (κ3) is 4.66. The third-order valence-electron chi connectivity index (χ3n) is 3.05. The molecule has 0 fully saturated rings. The number of aryl methyl sites for hydroxylation is 1. The Morgan fingerprint density at radius 1 is 1.18 bits per heavy atom. The molecule has 1 unspecified atom stereocenters. The van der Waals surface area contributed by atoms with Crippen LogP contribution in [0.4, 0.5) is 0 Å². The molecule has 0 aliphatic carbocycles. The zero-order valence-corrected chi connectivity index (χ0v) is 13.2. The fraction of sp³-hybridized carbons (Fsp3) is 0.167. The van der Waals surface area contributed by atoms with Crippen molar-refractivity contribution in [2.45, 2.75) is 18.4 Å². The summed E-state index contributed by atoms with van der Waals surface area (Å²) in [5.41, 5.74) is 2.15. The summed E-state index contributed by atoms with van der Waals surface area (Å²) in [5.74, 6) is 0. The molecule has 0 bridgehead atoms. The Morgan fingerprint density at radius 2 is 1.86 bits per heavy atom. The van der Waals surface area contributed by atoms with Crippen LogP contribution in [0.3, 0.4) is 0 Å². The van der Waals surface area contributed by atoms with Crippen LogP contribution in [-0.2, 0) is 22.1 Å². The molecule has 22 heavy (non-hydrogen) atoms. The highest BCUT2D eigenvalue weighted by Crippen LogP contribution is 2.16. The van der Waals surface area contributed by atoms with Crippen molar-refractivity contribution < 1.29 is 8.95 Å². The van der Waals surface area contributed by atoms with Crippen molar-refractivity contribution in [2.75, 3.05) is 6.61 Å². The van der Waals surface area contributed by atoms with Gasteiger partial charge in [0.15, 0.2) is 0 Å². The van der Waals surface area contributed by atoms with Crippen LogP contribution in [-0.4, -0.2) is 10.8 Å². The molecular weight excluding hydrogens is 294 g/mol. The van der Waals surface area contributed by atoms with Crippen molar-refractivity contribution in [1.82, 2.24) is 0 Å². The monoisotopic (exact) mass is 311 g/mol. The number of hydrogen-bond acceptors (Lipinski definition) is 3. The smallest absolute Gasteiger partial charge is 0.0922 e. The van der Waals surface area contributed by atoms with E-state index in [1.54, 1.807) is 0 Å². The molecule has 0 aliphatic heterocycles. The van der Waals surface area contributed by atoms with E-state index >= 15 is 0 Å². The molecule has 2 aromatic rings. The molecule has 0 spiro atoms. The van der Waals surface area contributed by atoms with Gasteiger partial charge < -0.3 is 4.74 Å². The number of hydrogen-bond donors (Lipinski definition) is 0. The summed E-state index contributed by atoms with van der Waals surface area (Å²) < 4.78 is 18.1. The van der Waals surface area contributed by atoms with E-state index < -0.39 is 10.8 Å². The van der Waals surface area contributed by atoms with Gasteiger partial charge in [0.2, 0.25) is 0 Å².